The van der Waals surface area contributed by atoms with Gasteiger partial charge in [-0.05, 0) is 12.5 Å². The van der Waals surface area contributed by atoms with Crippen molar-refractivity contribution in [3.8, 4) is 11.5 Å². The number of aliphatic carboxylic acids is 1. The van der Waals surface area contributed by atoms with Crippen molar-refractivity contribution < 1.29 is 19.4 Å². The fourth-order valence-corrected chi connectivity index (χ4v) is 2.17. The van der Waals surface area contributed by atoms with Crippen molar-refractivity contribution in [2.45, 2.75) is 31.7 Å². The van der Waals surface area contributed by atoms with E-state index in [4.69, 9.17) is 20.3 Å². The molecule has 2 atom stereocenters. The maximum absolute atomic E-state index is 11.0. The molecule has 1 aromatic rings. The number of nitrogens with two attached hydrogens (primary N) is 1. The minimum atomic E-state index is -0.876. The summed E-state index contributed by atoms with van der Waals surface area (Å²) in [7, 11) is 3.09. The van der Waals surface area contributed by atoms with E-state index in [0.717, 1.165) is 5.56 Å². The standard InChI is InChI=1S/C14H21NO4/c1-4-11(15)10(8-13(16)17)9-6-5-7-12(18-2)14(9)19-3/h5-7,10-11H,4,8,15H2,1-3H3,(H,16,17). The lowest BCUT2D eigenvalue weighted by Gasteiger charge is -2.24. The van der Waals surface area contributed by atoms with E-state index in [0.29, 0.717) is 17.9 Å². The van der Waals surface area contributed by atoms with Crippen molar-refractivity contribution in [2.75, 3.05) is 14.2 Å². The van der Waals surface area contributed by atoms with E-state index in [1.54, 1.807) is 13.2 Å². The summed E-state index contributed by atoms with van der Waals surface area (Å²) in [6.45, 7) is 1.94. The van der Waals surface area contributed by atoms with Gasteiger partial charge in [0.1, 0.15) is 0 Å². The molecule has 0 heterocycles. The second-order valence-electron chi connectivity index (χ2n) is 4.36. The van der Waals surface area contributed by atoms with Gasteiger partial charge in [-0.15, -0.1) is 0 Å². The second-order valence-corrected chi connectivity index (χ2v) is 4.36. The first-order chi connectivity index (χ1) is 9.04. The van der Waals surface area contributed by atoms with Crippen molar-refractivity contribution >= 4 is 5.97 Å². The Balaban J connectivity index is 3.24. The van der Waals surface area contributed by atoms with Gasteiger partial charge in [-0.3, -0.25) is 4.79 Å². The van der Waals surface area contributed by atoms with Crippen molar-refractivity contribution in [3.63, 3.8) is 0 Å². The zero-order valence-corrected chi connectivity index (χ0v) is 11.6. The van der Waals surface area contributed by atoms with Crippen LogP contribution >= 0.6 is 0 Å². The Bertz CT molecular complexity index is 433. The zero-order chi connectivity index (χ0) is 14.4. The van der Waals surface area contributed by atoms with Gasteiger partial charge < -0.3 is 20.3 Å². The molecule has 0 aliphatic heterocycles. The molecule has 5 nitrogen and oxygen atoms in total. The van der Waals surface area contributed by atoms with E-state index in [1.165, 1.54) is 7.11 Å². The van der Waals surface area contributed by atoms with Crippen LogP contribution < -0.4 is 15.2 Å². The predicted molar refractivity (Wildman–Crippen MR) is 72.8 cm³/mol. The first-order valence-corrected chi connectivity index (χ1v) is 6.23. The molecule has 0 radical (unpaired) electrons. The van der Waals surface area contributed by atoms with E-state index in [1.807, 2.05) is 19.1 Å². The van der Waals surface area contributed by atoms with Crippen molar-refractivity contribution in [1.82, 2.24) is 0 Å². The van der Waals surface area contributed by atoms with Gasteiger partial charge in [0.05, 0.1) is 20.6 Å². The minimum Gasteiger partial charge on any atom is -0.493 e. The third-order valence-corrected chi connectivity index (χ3v) is 3.22. The highest BCUT2D eigenvalue weighted by atomic mass is 16.5. The largest absolute Gasteiger partial charge is 0.493 e. The summed E-state index contributed by atoms with van der Waals surface area (Å²) in [5.41, 5.74) is 6.83. The van der Waals surface area contributed by atoms with Crippen LogP contribution in [0.4, 0.5) is 0 Å². The molecular formula is C14H21NO4. The fraction of sp³-hybridized carbons (Fsp3) is 0.500. The normalized spacial score (nSPS) is 13.7. The fourth-order valence-electron chi connectivity index (χ4n) is 2.17. The molecule has 2 unspecified atom stereocenters. The number of hydrogen-bond donors (Lipinski definition) is 2. The first-order valence-electron chi connectivity index (χ1n) is 6.23. The highest BCUT2D eigenvalue weighted by Gasteiger charge is 2.26. The molecule has 1 rings (SSSR count). The molecule has 1 aromatic carbocycles. The molecule has 19 heavy (non-hydrogen) atoms. The summed E-state index contributed by atoms with van der Waals surface area (Å²) in [4.78, 5) is 11.0. The topological polar surface area (TPSA) is 81.8 Å². The SMILES string of the molecule is CCC(N)C(CC(=O)O)c1cccc(OC)c1OC. The average molecular weight is 267 g/mol. The average Bonchev–Trinajstić information content (AvgIpc) is 2.42. The van der Waals surface area contributed by atoms with Crippen LogP contribution in [0.5, 0.6) is 11.5 Å². The second kappa shape index (κ2) is 6.99. The molecule has 0 saturated heterocycles. The summed E-state index contributed by atoms with van der Waals surface area (Å²) in [5, 5.41) is 9.05. The minimum absolute atomic E-state index is 0.0292. The number of hydrogen-bond acceptors (Lipinski definition) is 4. The first kappa shape index (κ1) is 15.3. The number of carboxylic acid groups (broad SMARTS) is 1. The van der Waals surface area contributed by atoms with Gasteiger partial charge in [0.2, 0.25) is 0 Å². The Hall–Kier alpha value is -1.75. The number of rotatable bonds is 7. The van der Waals surface area contributed by atoms with E-state index in [2.05, 4.69) is 0 Å². The van der Waals surface area contributed by atoms with E-state index in [-0.39, 0.29) is 18.4 Å². The molecule has 0 saturated carbocycles. The van der Waals surface area contributed by atoms with Crippen LogP contribution in [0.25, 0.3) is 0 Å². The van der Waals surface area contributed by atoms with Gasteiger partial charge >= 0.3 is 5.97 Å². The van der Waals surface area contributed by atoms with Crippen LogP contribution in [0.2, 0.25) is 0 Å². The molecule has 106 valence electrons. The molecule has 0 spiro atoms. The number of methoxy groups -OCH3 is 2. The Morgan fingerprint density at radius 1 is 1.37 bits per heavy atom. The molecular weight excluding hydrogens is 246 g/mol. The molecule has 5 heteroatoms. The number of ether oxygens (including phenoxy) is 2. The number of carboxylic acids is 1. The Labute approximate surface area is 113 Å². The third kappa shape index (κ3) is 3.61. The summed E-state index contributed by atoms with van der Waals surface area (Å²) in [6, 6.07) is 5.19. The summed E-state index contributed by atoms with van der Waals surface area (Å²) < 4.78 is 10.6. The lowest BCUT2D eigenvalue weighted by atomic mass is 9.87. The molecule has 0 bridgehead atoms. The van der Waals surface area contributed by atoms with Crippen molar-refractivity contribution in [1.29, 1.82) is 0 Å². The Morgan fingerprint density at radius 2 is 2.05 bits per heavy atom. The van der Waals surface area contributed by atoms with Gasteiger partial charge in [-0.25, -0.2) is 0 Å². The monoisotopic (exact) mass is 267 g/mol. The van der Waals surface area contributed by atoms with Crippen LogP contribution in [0, 0.1) is 0 Å². The molecule has 3 N–H and O–H groups in total. The summed E-state index contributed by atoms with van der Waals surface area (Å²) >= 11 is 0. The maximum Gasteiger partial charge on any atom is 0.304 e. The van der Waals surface area contributed by atoms with Gasteiger partial charge in [-0.2, -0.15) is 0 Å². The lowest BCUT2D eigenvalue weighted by molar-refractivity contribution is -0.137. The molecule has 0 amide bonds. The van der Waals surface area contributed by atoms with E-state index >= 15 is 0 Å². The highest BCUT2D eigenvalue weighted by molar-refractivity contribution is 5.69. The van der Waals surface area contributed by atoms with Crippen LogP contribution in [-0.4, -0.2) is 31.3 Å². The van der Waals surface area contributed by atoms with Gasteiger partial charge in [0.15, 0.2) is 11.5 Å². The summed E-state index contributed by atoms with van der Waals surface area (Å²) in [5.74, 6) is -0.0369. The van der Waals surface area contributed by atoms with Crippen LogP contribution in [-0.2, 0) is 4.79 Å². The lowest BCUT2D eigenvalue weighted by Crippen LogP contribution is -2.29. The van der Waals surface area contributed by atoms with Gasteiger partial charge in [-0.1, -0.05) is 19.1 Å². The van der Waals surface area contributed by atoms with E-state index in [9.17, 15) is 4.79 Å². The van der Waals surface area contributed by atoms with Crippen molar-refractivity contribution in [2.24, 2.45) is 5.73 Å². The Kier molecular flexibility index (Phi) is 5.63. The summed E-state index contributed by atoms with van der Waals surface area (Å²) in [6.07, 6.45) is 0.664. The van der Waals surface area contributed by atoms with Gasteiger partial charge in [0, 0.05) is 17.5 Å². The maximum atomic E-state index is 11.0. The van der Waals surface area contributed by atoms with Crippen LogP contribution in [0.3, 0.4) is 0 Å². The zero-order valence-electron chi connectivity index (χ0n) is 11.6. The number of para-hydroxylation sites is 1. The number of carbonyl (C=O) groups is 1. The highest BCUT2D eigenvalue weighted by Crippen LogP contribution is 2.38. The molecule has 0 aromatic heterocycles. The smallest absolute Gasteiger partial charge is 0.304 e. The number of benzene rings is 1. The van der Waals surface area contributed by atoms with Gasteiger partial charge in [0.25, 0.3) is 0 Å². The Morgan fingerprint density at radius 3 is 2.53 bits per heavy atom. The molecule has 0 aliphatic carbocycles. The molecule has 0 aliphatic rings. The van der Waals surface area contributed by atoms with Crippen molar-refractivity contribution in [3.05, 3.63) is 23.8 Å². The van der Waals surface area contributed by atoms with E-state index < -0.39 is 5.97 Å². The predicted octanol–water partition coefficient (Wildman–Crippen LogP) is 2.00. The third-order valence-electron chi connectivity index (χ3n) is 3.22. The quantitative estimate of drug-likeness (QED) is 0.789. The van der Waals surface area contributed by atoms with Crippen LogP contribution in [0.1, 0.15) is 31.2 Å². The molecule has 0 fully saturated rings. The van der Waals surface area contributed by atoms with Crippen LogP contribution in [0.15, 0.2) is 18.2 Å².